The quantitative estimate of drug-likeness (QED) is 0.487. The minimum absolute atomic E-state index is 0.0207. The summed E-state index contributed by atoms with van der Waals surface area (Å²) in [5.74, 6) is -0.744. The minimum atomic E-state index is -0.715. The average molecular weight is 351 g/mol. The molecule has 0 saturated heterocycles. The van der Waals surface area contributed by atoms with Gasteiger partial charge in [0.05, 0.1) is 11.8 Å². The second-order valence-electron chi connectivity index (χ2n) is 5.73. The molecular weight excluding hydrogens is 333 g/mol. The number of benzene rings is 2. The highest BCUT2D eigenvalue weighted by molar-refractivity contribution is 5.90. The molecule has 0 unspecified atom stereocenters. The van der Waals surface area contributed by atoms with Crippen LogP contribution in [0.3, 0.4) is 0 Å². The molecule has 0 radical (unpaired) electrons. The van der Waals surface area contributed by atoms with Crippen molar-refractivity contribution in [2.45, 2.75) is 6.92 Å². The van der Waals surface area contributed by atoms with E-state index in [1.807, 2.05) is 31.2 Å². The third kappa shape index (κ3) is 4.45. The van der Waals surface area contributed by atoms with Gasteiger partial charge in [-0.15, -0.1) is 0 Å². The number of ether oxygens (including phenoxy) is 2. The van der Waals surface area contributed by atoms with Gasteiger partial charge >= 0.3 is 5.97 Å². The Kier molecular flexibility index (Phi) is 5.59. The molecule has 0 N–H and O–H groups in total. The van der Waals surface area contributed by atoms with Crippen LogP contribution in [0.5, 0.6) is 5.75 Å². The van der Waals surface area contributed by atoms with Gasteiger partial charge < -0.3 is 9.47 Å². The molecule has 132 valence electrons. The van der Waals surface area contributed by atoms with Crippen LogP contribution in [-0.2, 0) is 4.74 Å². The Hall–Kier alpha value is -3.21. The van der Waals surface area contributed by atoms with Crippen molar-refractivity contribution in [2.24, 2.45) is 0 Å². The van der Waals surface area contributed by atoms with Crippen LogP contribution in [0.1, 0.15) is 15.9 Å². The largest absolute Gasteiger partial charge is 0.488 e. The molecule has 0 fully saturated rings. The van der Waals surface area contributed by atoms with E-state index in [2.05, 4.69) is 4.98 Å². The van der Waals surface area contributed by atoms with Crippen LogP contribution in [0.4, 0.5) is 4.39 Å². The molecule has 0 amide bonds. The maximum absolute atomic E-state index is 14.3. The van der Waals surface area contributed by atoms with Gasteiger partial charge in [0, 0.05) is 6.20 Å². The zero-order valence-corrected chi connectivity index (χ0v) is 14.3. The number of hydrogen-bond acceptors (Lipinski definition) is 4. The summed E-state index contributed by atoms with van der Waals surface area (Å²) in [6.07, 6.45) is 3.20. The Morgan fingerprint density at radius 2 is 1.81 bits per heavy atom. The van der Waals surface area contributed by atoms with Crippen LogP contribution in [-0.4, -0.2) is 24.2 Å². The van der Waals surface area contributed by atoms with Gasteiger partial charge in [0.2, 0.25) is 0 Å². The highest BCUT2D eigenvalue weighted by atomic mass is 19.1. The topological polar surface area (TPSA) is 48.4 Å². The van der Waals surface area contributed by atoms with Crippen molar-refractivity contribution < 1.29 is 18.7 Å². The van der Waals surface area contributed by atoms with Crippen LogP contribution < -0.4 is 4.74 Å². The predicted octanol–water partition coefficient (Wildman–Crippen LogP) is 4.43. The molecule has 4 nitrogen and oxygen atoms in total. The highest BCUT2D eigenvalue weighted by Crippen LogP contribution is 2.22. The molecule has 26 heavy (non-hydrogen) atoms. The Morgan fingerprint density at radius 3 is 2.50 bits per heavy atom. The van der Waals surface area contributed by atoms with Crippen molar-refractivity contribution in [1.82, 2.24) is 4.98 Å². The number of aryl methyl sites for hydroxylation is 1. The van der Waals surface area contributed by atoms with E-state index in [-0.39, 0.29) is 18.8 Å². The van der Waals surface area contributed by atoms with E-state index >= 15 is 0 Å². The van der Waals surface area contributed by atoms with Gasteiger partial charge in [0.1, 0.15) is 24.8 Å². The van der Waals surface area contributed by atoms with Crippen LogP contribution in [0.2, 0.25) is 0 Å². The fourth-order valence-corrected chi connectivity index (χ4v) is 2.41. The van der Waals surface area contributed by atoms with Crippen LogP contribution in [0.25, 0.3) is 11.1 Å². The monoisotopic (exact) mass is 351 g/mol. The normalized spacial score (nSPS) is 10.4. The fourth-order valence-electron chi connectivity index (χ4n) is 2.41. The summed E-state index contributed by atoms with van der Waals surface area (Å²) in [6, 6.07) is 15.7. The number of esters is 1. The first-order valence-electron chi connectivity index (χ1n) is 8.20. The second kappa shape index (κ2) is 8.25. The lowest BCUT2D eigenvalue weighted by molar-refractivity contribution is 0.0445. The predicted molar refractivity (Wildman–Crippen MR) is 96.6 cm³/mol. The molecule has 0 aliphatic rings. The number of carbonyl (C=O) groups is 1. The molecule has 0 atom stereocenters. The number of carbonyl (C=O) groups excluding carboxylic acids is 1. The van der Waals surface area contributed by atoms with Gasteiger partial charge in [-0.1, -0.05) is 35.9 Å². The molecule has 0 aliphatic carbocycles. The molecule has 3 aromatic rings. The maximum atomic E-state index is 14.3. The van der Waals surface area contributed by atoms with E-state index in [9.17, 15) is 9.18 Å². The van der Waals surface area contributed by atoms with Crippen molar-refractivity contribution in [3.05, 3.63) is 83.9 Å². The fraction of sp³-hybridized carbons (Fsp3) is 0.143. The van der Waals surface area contributed by atoms with Gasteiger partial charge in [0.15, 0.2) is 0 Å². The van der Waals surface area contributed by atoms with Crippen LogP contribution in [0.15, 0.2) is 67.0 Å². The molecule has 5 heteroatoms. The van der Waals surface area contributed by atoms with E-state index in [0.717, 1.165) is 11.1 Å². The first-order valence-corrected chi connectivity index (χ1v) is 8.20. The Labute approximate surface area is 151 Å². The number of rotatable bonds is 6. The van der Waals surface area contributed by atoms with Gasteiger partial charge in [-0.2, -0.15) is 0 Å². The van der Waals surface area contributed by atoms with Crippen molar-refractivity contribution in [3.8, 4) is 16.9 Å². The van der Waals surface area contributed by atoms with E-state index in [1.165, 1.54) is 12.1 Å². The summed E-state index contributed by atoms with van der Waals surface area (Å²) >= 11 is 0. The third-order valence-electron chi connectivity index (χ3n) is 3.79. The Balaban J connectivity index is 1.58. The Bertz CT molecular complexity index is 880. The smallest absolute Gasteiger partial charge is 0.341 e. The molecule has 0 saturated carbocycles. The summed E-state index contributed by atoms with van der Waals surface area (Å²) in [5, 5.41) is 0. The lowest BCUT2D eigenvalue weighted by Gasteiger charge is -2.09. The van der Waals surface area contributed by atoms with Gasteiger partial charge in [-0.3, -0.25) is 4.98 Å². The second-order valence-corrected chi connectivity index (χ2v) is 5.73. The minimum Gasteiger partial charge on any atom is -0.488 e. The standard InChI is InChI=1S/C21H18FNO3/c1-15-4-6-16(7-5-15)17-8-9-19(20(22)13-17)21(24)26-12-11-25-18-3-2-10-23-14-18/h2-10,13-14H,11-12H2,1H3. The summed E-state index contributed by atoms with van der Waals surface area (Å²) < 4.78 is 24.7. The van der Waals surface area contributed by atoms with Crippen molar-refractivity contribution in [1.29, 1.82) is 0 Å². The SMILES string of the molecule is Cc1ccc(-c2ccc(C(=O)OCCOc3cccnc3)c(F)c2)cc1. The van der Waals surface area contributed by atoms with Crippen molar-refractivity contribution in [2.75, 3.05) is 13.2 Å². The van der Waals surface area contributed by atoms with Crippen LogP contribution in [0, 0.1) is 12.7 Å². The molecule has 3 rings (SSSR count). The van der Waals surface area contributed by atoms with E-state index in [4.69, 9.17) is 9.47 Å². The zero-order chi connectivity index (χ0) is 18.4. The average Bonchev–Trinajstić information content (AvgIpc) is 2.66. The highest BCUT2D eigenvalue weighted by Gasteiger charge is 2.14. The number of aromatic nitrogens is 1. The molecule has 2 aromatic carbocycles. The lowest BCUT2D eigenvalue weighted by Crippen LogP contribution is -2.13. The van der Waals surface area contributed by atoms with E-state index in [1.54, 1.807) is 30.6 Å². The molecular formula is C21H18FNO3. The Morgan fingerprint density at radius 1 is 1.04 bits per heavy atom. The number of pyridine rings is 1. The van der Waals surface area contributed by atoms with Gasteiger partial charge in [-0.05, 0) is 42.3 Å². The number of nitrogens with zero attached hydrogens (tertiary/aromatic N) is 1. The van der Waals surface area contributed by atoms with Crippen molar-refractivity contribution in [3.63, 3.8) is 0 Å². The summed E-state index contributed by atoms with van der Waals surface area (Å²) in [7, 11) is 0. The maximum Gasteiger partial charge on any atom is 0.341 e. The first kappa shape index (κ1) is 17.6. The van der Waals surface area contributed by atoms with E-state index in [0.29, 0.717) is 11.3 Å². The van der Waals surface area contributed by atoms with Crippen molar-refractivity contribution >= 4 is 5.97 Å². The summed E-state index contributed by atoms with van der Waals surface area (Å²) in [4.78, 5) is 16.0. The molecule has 1 aromatic heterocycles. The number of hydrogen-bond donors (Lipinski definition) is 0. The number of halogens is 1. The van der Waals surface area contributed by atoms with E-state index < -0.39 is 11.8 Å². The molecule has 0 bridgehead atoms. The zero-order valence-electron chi connectivity index (χ0n) is 14.3. The van der Waals surface area contributed by atoms with Crippen LogP contribution >= 0.6 is 0 Å². The summed E-state index contributed by atoms with van der Waals surface area (Å²) in [5.41, 5.74) is 2.63. The third-order valence-corrected chi connectivity index (χ3v) is 3.79. The van der Waals surface area contributed by atoms with Gasteiger partial charge in [0.25, 0.3) is 0 Å². The molecule has 0 spiro atoms. The molecule has 1 heterocycles. The first-order chi connectivity index (χ1) is 12.6. The lowest BCUT2D eigenvalue weighted by atomic mass is 10.0. The molecule has 0 aliphatic heterocycles. The van der Waals surface area contributed by atoms with Gasteiger partial charge in [-0.25, -0.2) is 9.18 Å². The summed E-state index contributed by atoms with van der Waals surface area (Å²) in [6.45, 7) is 2.18.